The number of ether oxygens (including phenoxy) is 1. The van der Waals surface area contributed by atoms with Gasteiger partial charge in [-0.2, -0.15) is 0 Å². The SMILES string of the molecule is O=C(Cc1cccs1)NC1C(=O)N2C(C(=O)O)=C(COC(=O)c3ccccc3)CS[C@@H]12. The van der Waals surface area contributed by atoms with Crippen LogP contribution in [0.25, 0.3) is 0 Å². The molecule has 0 spiro atoms. The average molecular weight is 459 g/mol. The summed E-state index contributed by atoms with van der Waals surface area (Å²) in [5.41, 5.74) is 0.517. The summed E-state index contributed by atoms with van der Waals surface area (Å²) in [7, 11) is 0. The van der Waals surface area contributed by atoms with E-state index in [4.69, 9.17) is 4.74 Å². The van der Waals surface area contributed by atoms with Crippen LogP contribution in [0.1, 0.15) is 15.2 Å². The molecular weight excluding hydrogens is 440 g/mol. The minimum Gasteiger partial charge on any atom is -0.477 e. The predicted molar refractivity (Wildman–Crippen MR) is 114 cm³/mol. The van der Waals surface area contributed by atoms with Crippen LogP contribution in [-0.4, -0.2) is 57.5 Å². The summed E-state index contributed by atoms with van der Waals surface area (Å²) in [6.07, 6.45) is 0.168. The molecule has 1 fully saturated rings. The smallest absolute Gasteiger partial charge is 0.352 e. The van der Waals surface area contributed by atoms with Gasteiger partial charge >= 0.3 is 11.9 Å². The van der Waals surface area contributed by atoms with Crippen LogP contribution in [0, 0.1) is 0 Å². The topological polar surface area (TPSA) is 113 Å². The van der Waals surface area contributed by atoms with E-state index in [0.29, 0.717) is 11.1 Å². The number of amides is 2. The number of β-lactam (4-membered cyclic amide) rings is 1. The van der Waals surface area contributed by atoms with Crippen LogP contribution < -0.4 is 5.32 Å². The maximum Gasteiger partial charge on any atom is 0.352 e. The minimum atomic E-state index is -1.27. The van der Waals surface area contributed by atoms with Gasteiger partial charge in [0.25, 0.3) is 5.91 Å². The van der Waals surface area contributed by atoms with E-state index in [-0.39, 0.29) is 30.4 Å². The summed E-state index contributed by atoms with van der Waals surface area (Å²) in [5, 5.41) is 13.8. The van der Waals surface area contributed by atoms with Crippen LogP contribution in [-0.2, 0) is 25.5 Å². The van der Waals surface area contributed by atoms with Gasteiger partial charge in [-0.1, -0.05) is 24.3 Å². The second-order valence-corrected chi connectivity index (χ2v) is 9.05. The van der Waals surface area contributed by atoms with Gasteiger partial charge in [-0.25, -0.2) is 9.59 Å². The van der Waals surface area contributed by atoms with Gasteiger partial charge in [0.1, 0.15) is 23.7 Å². The number of nitrogens with one attached hydrogen (secondary N) is 1. The number of benzene rings is 1. The number of carbonyl (C=O) groups excluding carboxylic acids is 3. The highest BCUT2D eigenvalue weighted by atomic mass is 32.2. The maximum atomic E-state index is 12.6. The molecule has 1 unspecified atom stereocenters. The number of thioether (sulfide) groups is 1. The first-order chi connectivity index (χ1) is 15.0. The number of hydrogen-bond acceptors (Lipinski definition) is 7. The van der Waals surface area contributed by atoms with Gasteiger partial charge in [-0.3, -0.25) is 14.5 Å². The fourth-order valence-corrected chi connectivity index (χ4v) is 5.43. The highest BCUT2D eigenvalue weighted by Gasteiger charge is 2.54. The van der Waals surface area contributed by atoms with Crippen molar-refractivity contribution >= 4 is 46.9 Å². The Bertz CT molecular complexity index is 1050. The molecule has 3 heterocycles. The van der Waals surface area contributed by atoms with Crippen molar-refractivity contribution in [2.75, 3.05) is 12.4 Å². The molecule has 2 aliphatic rings. The molecule has 0 radical (unpaired) electrons. The molecule has 2 atom stereocenters. The molecule has 10 heteroatoms. The Morgan fingerprint density at radius 2 is 1.94 bits per heavy atom. The zero-order chi connectivity index (χ0) is 22.0. The third-order valence-electron chi connectivity index (χ3n) is 4.87. The lowest BCUT2D eigenvalue weighted by molar-refractivity contribution is -0.150. The fourth-order valence-electron chi connectivity index (χ4n) is 3.40. The summed E-state index contributed by atoms with van der Waals surface area (Å²) in [6.45, 7) is -0.228. The molecule has 160 valence electrons. The molecule has 1 aromatic carbocycles. The van der Waals surface area contributed by atoms with Gasteiger partial charge in [0.2, 0.25) is 5.91 Å². The van der Waals surface area contributed by atoms with Gasteiger partial charge in [0.15, 0.2) is 0 Å². The normalized spacial score (nSPS) is 20.0. The van der Waals surface area contributed by atoms with E-state index in [1.165, 1.54) is 23.1 Å². The van der Waals surface area contributed by atoms with Crippen molar-refractivity contribution in [1.82, 2.24) is 10.2 Å². The third kappa shape index (κ3) is 4.35. The molecular formula is C21H18N2O6S2. The van der Waals surface area contributed by atoms with Gasteiger partial charge in [-0.15, -0.1) is 23.1 Å². The van der Waals surface area contributed by atoms with Gasteiger partial charge < -0.3 is 15.2 Å². The summed E-state index contributed by atoms with van der Waals surface area (Å²) >= 11 is 2.78. The number of aliphatic carboxylic acids is 1. The van der Waals surface area contributed by atoms with Gasteiger partial charge in [0, 0.05) is 16.2 Å². The Morgan fingerprint density at radius 3 is 2.61 bits per heavy atom. The molecule has 31 heavy (non-hydrogen) atoms. The Labute approximate surface area is 185 Å². The number of fused-ring (bicyclic) bond motifs is 1. The van der Waals surface area contributed by atoms with E-state index in [2.05, 4.69) is 5.32 Å². The number of thiophene rings is 1. The van der Waals surface area contributed by atoms with Crippen molar-refractivity contribution in [1.29, 1.82) is 0 Å². The summed E-state index contributed by atoms with van der Waals surface area (Å²) < 4.78 is 5.26. The van der Waals surface area contributed by atoms with Crippen LogP contribution >= 0.6 is 23.1 Å². The van der Waals surface area contributed by atoms with Crippen molar-refractivity contribution in [3.63, 3.8) is 0 Å². The first-order valence-corrected chi connectivity index (χ1v) is 11.3. The Hall–Kier alpha value is -3.11. The molecule has 2 N–H and O–H groups in total. The molecule has 4 rings (SSSR count). The molecule has 0 bridgehead atoms. The molecule has 2 aromatic rings. The number of carbonyl (C=O) groups is 4. The van der Waals surface area contributed by atoms with E-state index in [0.717, 1.165) is 9.78 Å². The Morgan fingerprint density at radius 1 is 1.16 bits per heavy atom. The number of carboxylic acid groups (broad SMARTS) is 1. The largest absolute Gasteiger partial charge is 0.477 e. The van der Waals surface area contributed by atoms with Crippen molar-refractivity contribution in [3.8, 4) is 0 Å². The fraction of sp³-hybridized carbons (Fsp3) is 0.238. The highest BCUT2D eigenvalue weighted by molar-refractivity contribution is 8.00. The van der Waals surface area contributed by atoms with Crippen LogP contribution in [0.2, 0.25) is 0 Å². The Balaban J connectivity index is 1.42. The molecule has 0 aliphatic carbocycles. The molecule has 1 saturated heterocycles. The second kappa shape index (κ2) is 8.94. The van der Waals surface area contributed by atoms with Crippen molar-refractivity contribution in [2.45, 2.75) is 17.8 Å². The zero-order valence-electron chi connectivity index (χ0n) is 16.1. The predicted octanol–water partition coefficient (Wildman–Crippen LogP) is 1.89. The molecule has 2 aliphatic heterocycles. The first-order valence-electron chi connectivity index (χ1n) is 9.39. The molecule has 8 nitrogen and oxygen atoms in total. The number of esters is 1. The third-order valence-corrected chi connectivity index (χ3v) is 7.08. The summed E-state index contributed by atoms with van der Waals surface area (Å²) in [5.74, 6) is -2.34. The lowest BCUT2D eigenvalue weighted by Gasteiger charge is -2.49. The van der Waals surface area contributed by atoms with E-state index >= 15 is 0 Å². The molecule has 0 saturated carbocycles. The number of hydrogen-bond donors (Lipinski definition) is 2. The second-order valence-electron chi connectivity index (χ2n) is 6.91. The average Bonchev–Trinajstić information content (AvgIpc) is 3.28. The quantitative estimate of drug-likeness (QED) is 0.481. The van der Waals surface area contributed by atoms with Crippen molar-refractivity contribution in [2.24, 2.45) is 0 Å². The highest BCUT2D eigenvalue weighted by Crippen LogP contribution is 2.40. The number of carboxylic acids is 1. The molecule has 2 amide bonds. The van der Waals surface area contributed by atoms with Crippen LogP contribution in [0.15, 0.2) is 59.1 Å². The zero-order valence-corrected chi connectivity index (χ0v) is 17.8. The van der Waals surface area contributed by atoms with Crippen LogP contribution in [0.3, 0.4) is 0 Å². The first kappa shape index (κ1) is 21.1. The van der Waals surface area contributed by atoms with Crippen molar-refractivity contribution < 1.29 is 29.0 Å². The van der Waals surface area contributed by atoms with Crippen LogP contribution in [0.4, 0.5) is 0 Å². The lowest BCUT2D eigenvalue weighted by Crippen LogP contribution is -2.70. The number of rotatable bonds is 7. The van der Waals surface area contributed by atoms with Crippen LogP contribution in [0.5, 0.6) is 0 Å². The molecule has 1 aromatic heterocycles. The Kier molecular flexibility index (Phi) is 6.10. The minimum absolute atomic E-state index is 0.168. The van der Waals surface area contributed by atoms with E-state index < -0.39 is 29.3 Å². The van der Waals surface area contributed by atoms with E-state index in [9.17, 15) is 24.3 Å². The monoisotopic (exact) mass is 458 g/mol. The maximum absolute atomic E-state index is 12.6. The standard InChI is InChI=1S/C21H18N2O6S2/c24-15(9-14-7-4-8-30-14)22-16-18(25)23-17(20(26)27)13(11-31-19(16)23)10-29-21(28)12-5-2-1-3-6-12/h1-8,16,19H,9-11H2,(H,22,24)(H,26,27)/t16?,19-/m0/s1. The van der Waals surface area contributed by atoms with E-state index in [1.54, 1.807) is 30.3 Å². The summed E-state index contributed by atoms with van der Waals surface area (Å²) in [4.78, 5) is 51.0. The lowest BCUT2D eigenvalue weighted by atomic mass is 10.0. The van der Waals surface area contributed by atoms with Gasteiger partial charge in [-0.05, 0) is 23.6 Å². The van der Waals surface area contributed by atoms with Gasteiger partial charge in [0.05, 0.1) is 12.0 Å². The van der Waals surface area contributed by atoms with E-state index in [1.807, 2.05) is 17.5 Å². The van der Waals surface area contributed by atoms with Crippen molar-refractivity contribution in [3.05, 3.63) is 69.6 Å². The number of nitrogens with zero attached hydrogens (tertiary/aromatic N) is 1. The summed E-state index contributed by atoms with van der Waals surface area (Å²) in [6, 6.07) is 11.3.